The summed E-state index contributed by atoms with van der Waals surface area (Å²) in [7, 11) is 0. The number of hydrogen-bond acceptors (Lipinski definition) is 1. The molecule has 0 radical (unpaired) electrons. The summed E-state index contributed by atoms with van der Waals surface area (Å²) in [6, 6.07) is 64.1. The van der Waals surface area contributed by atoms with Crippen LogP contribution in [0.3, 0.4) is 0 Å². The summed E-state index contributed by atoms with van der Waals surface area (Å²) in [5.41, 5.74) is 5.98. The molecule has 1 nitrogen and oxygen atoms in total. The molecule has 0 aliphatic rings. The second-order valence-electron chi connectivity index (χ2n) is 11.7. The van der Waals surface area contributed by atoms with Gasteiger partial charge in [0.1, 0.15) is 0 Å². The highest BCUT2D eigenvalue weighted by Gasteiger charge is 2.21. The number of para-hydroxylation sites is 1. The first-order valence-corrected chi connectivity index (χ1v) is 15.5. The topological polar surface area (TPSA) is 3.24 Å². The van der Waals surface area contributed by atoms with E-state index < -0.39 is 0 Å². The number of rotatable bonds is 4. The van der Waals surface area contributed by atoms with Crippen LogP contribution in [0.25, 0.3) is 65.0 Å². The normalized spacial score (nSPS) is 11.6. The Labute approximate surface area is 262 Å². The summed E-state index contributed by atoms with van der Waals surface area (Å²) < 4.78 is 0. The summed E-state index contributed by atoms with van der Waals surface area (Å²) in [6.45, 7) is 0. The molecule has 0 heterocycles. The highest BCUT2D eigenvalue weighted by Crippen LogP contribution is 2.47. The Kier molecular flexibility index (Phi) is 5.89. The molecule has 0 spiro atoms. The zero-order chi connectivity index (χ0) is 29.7. The Morgan fingerprint density at radius 1 is 0.289 bits per heavy atom. The van der Waals surface area contributed by atoms with Crippen molar-refractivity contribution >= 4 is 70.9 Å². The Balaban J connectivity index is 1.43. The molecule has 0 unspecified atom stereocenters. The maximum Gasteiger partial charge on any atom is 0.0546 e. The average molecular weight is 572 g/mol. The fourth-order valence-corrected chi connectivity index (χ4v) is 7.22. The molecule has 0 atom stereocenters. The van der Waals surface area contributed by atoms with Gasteiger partial charge < -0.3 is 4.90 Å². The molecule has 0 fully saturated rings. The van der Waals surface area contributed by atoms with Crippen molar-refractivity contribution in [2.24, 2.45) is 0 Å². The maximum atomic E-state index is 2.44. The summed E-state index contributed by atoms with van der Waals surface area (Å²) >= 11 is 0. The molecule has 9 rings (SSSR count). The van der Waals surface area contributed by atoms with Crippen LogP contribution in [0.5, 0.6) is 0 Å². The first kappa shape index (κ1) is 25.6. The van der Waals surface area contributed by atoms with Gasteiger partial charge in [0.2, 0.25) is 0 Å². The largest absolute Gasteiger partial charge is 0.309 e. The van der Waals surface area contributed by atoms with Gasteiger partial charge in [-0.1, -0.05) is 146 Å². The molecule has 0 N–H and O–H groups in total. The Morgan fingerprint density at radius 3 is 1.58 bits per heavy atom. The summed E-state index contributed by atoms with van der Waals surface area (Å²) in [5, 5.41) is 12.5. The summed E-state index contributed by atoms with van der Waals surface area (Å²) in [6.07, 6.45) is 0. The van der Waals surface area contributed by atoms with E-state index in [1.807, 2.05) is 0 Å². The van der Waals surface area contributed by atoms with E-state index in [1.165, 1.54) is 76.4 Å². The van der Waals surface area contributed by atoms with Crippen LogP contribution < -0.4 is 4.90 Å². The van der Waals surface area contributed by atoms with Gasteiger partial charge in [-0.05, 0) is 84.5 Å². The van der Waals surface area contributed by atoms with Gasteiger partial charge in [-0.25, -0.2) is 0 Å². The van der Waals surface area contributed by atoms with Gasteiger partial charge in [0.05, 0.1) is 11.4 Å². The highest BCUT2D eigenvalue weighted by atomic mass is 15.1. The third-order valence-electron chi connectivity index (χ3n) is 9.18. The molecule has 0 saturated carbocycles. The lowest BCUT2D eigenvalue weighted by atomic mass is 9.88. The lowest BCUT2D eigenvalue weighted by Gasteiger charge is -2.29. The molecular formula is C44H29N. The van der Waals surface area contributed by atoms with E-state index in [9.17, 15) is 0 Å². The van der Waals surface area contributed by atoms with Gasteiger partial charge in [0.25, 0.3) is 0 Å². The fraction of sp³-hybridized carbons (Fsp3) is 0. The SMILES string of the molecule is c1ccc(N(c2cccc3ccccc23)c2cc3cc(-c4cccc5ccccc45)c4ccccc4c3c3ccccc23)cc1. The maximum absolute atomic E-state index is 2.44. The number of fused-ring (bicyclic) bond motifs is 7. The minimum atomic E-state index is 1.13. The zero-order valence-electron chi connectivity index (χ0n) is 24.7. The van der Waals surface area contributed by atoms with Crippen LogP contribution in [0.2, 0.25) is 0 Å². The Bertz CT molecular complexity index is 2530. The second-order valence-corrected chi connectivity index (χ2v) is 11.7. The zero-order valence-corrected chi connectivity index (χ0v) is 24.7. The van der Waals surface area contributed by atoms with Gasteiger partial charge in [-0.2, -0.15) is 0 Å². The van der Waals surface area contributed by atoms with Crippen molar-refractivity contribution in [3.8, 4) is 11.1 Å². The molecule has 0 aliphatic carbocycles. The van der Waals surface area contributed by atoms with Crippen LogP contribution >= 0.6 is 0 Å². The Morgan fingerprint density at radius 2 is 0.822 bits per heavy atom. The molecule has 9 aromatic carbocycles. The van der Waals surface area contributed by atoms with Crippen LogP contribution in [0.15, 0.2) is 176 Å². The van der Waals surface area contributed by atoms with Crippen molar-refractivity contribution in [1.82, 2.24) is 0 Å². The number of nitrogens with zero attached hydrogens (tertiary/aromatic N) is 1. The van der Waals surface area contributed by atoms with Gasteiger partial charge in [-0.3, -0.25) is 0 Å². The smallest absolute Gasteiger partial charge is 0.0546 e. The van der Waals surface area contributed by atoms with E-state index in [4.69, 9.17) is 0 Å². The molecule has 45 heavy (non-hydrogen) atoms. The van der Waals surface area contributed by atoms with E-state index >= 15 is 0 Å². The molecule has 0 aliphatic heterocycles. The van der Waals surface area contributed by atoms with Crippen LogP contribution in [0, 0.1) is 0 Å². The van der Waals surface area contributed by atoms with Crippen molar-refractivity contribution in [1.29, 1.82) is 0 Å². The van der Waals surface area contributed by atoms with Crippen molar-refractivity contribution in [2.45, 2.75) is 0 Å². The fourth-order valence-electron chi connectivity index (χ4n) is 7.22. The lowest BCUT2D eigenvalue weighted by Crippen LogP contribution is -2.11. The standard InChI is InChI=1S/C44H29N/c1-2-18-33(19-3-1)45(42-27-13-17-31-15-5-7-21-35(31)42)43-29-32-28-41(36-26-12-16-30-14-4-6-20-34(30)36)37-22-8-10-24-39(37)44(32)40-25-11-9-23-38(40)43/h1-29H. The molecule has 210 valence electrons. The van der Waals surface area contributed by atoms with Crippen molar-refractivity contribution in [3.63, 3.8) is 0 Å². The van der Waals surface area contributed by atoms with Crippen LogP contribution in [0.1, 0.15) is 0 Å². The molecule has 1 heteroatoms. The van der Waals surface area contributed by atoms with E-state index in [-0.39, 0.29) is 0 Å². The quantitative estimate of drug-likeness (QED) is 0.190. The van der Waals surface area contributed by atoms with Gasteiger partial charge in [-0.15, -0.1) is 0 Å². The van der Waals surface area contributed by atoms with E-state index in [0.717, 1.165) is 5.69 Å². The van der Waals surface area contributed by atoms with Gasteiger partial charge >= 0.3 is 0 Å². The molecule has 9 aromatic rings. The number of hydrogen-bond donors (Lipinski definition) is 0. The summed E-state index contributed by atoms with van der Waals surface area (Å²) in [4.78, 5) is 2.44. The third kappa shape index (κ3) is 4.09. The second kappa shape index (κ2) is 10.4. The van der Waals surface area contributed by atoms with E-state index in [1.54, 1.807) is 0 Å². The molecule has 0 saturated heterocycles. The first-order chi connectivity index (χ1) is 22.3. The Hall–Kier alpha value is -5.92. The minimum Gasteiger partial charge on any atom is -0.309 e. The summed E-state index contributed by atoms with van der Waals surface area (Å²) in [5.74, 6) is 0. The first-order valence-electron chi connectivity index (χ1n) is 15.5. The highest BCUT2D eigenvalue weighted by molar-refractivity contribution is 6.27. The third-order valence-corrected chi connectivity index (χ3v) is 9.18. The molecular weight excluding hydrogens is 542 g/mol. The van der Waals surface area contributed by atoms with Crippen LogP contribution in [-0.4, -0.2) is 0 Å². The average Bonchev–Trinajstić information content (AvgIpc) is 3.11. The molecule has 0 bridgehead atoms. The van der Waals surface area contributed by atoms with Crippen LogP contribution in [0.4, 0.5) is 17.1 Å². The predicted molar refractivity (Wildman–Crippen MR) is 194 cm³/mol. The van der Waals surface area contributed by atoms with E-state index in [2.05, 4.69) is 181 Å². The minimum absolute atomic E-state index is 1.13. The van der Waals surface area contributed by atoms with Crippen molar-refractivity contribution in [3.05, 3.63) is 176 Å². The van der Waals surface area contributed by atoms with Gasteiger partial charge in [0.15, 0.2) is 0 Å². The lowest BCUT2D eigenvalue weighted by molar-refractivity contribution is 1.32. The number of benzene rings is 9. The van der Waals surface area contributed by atoms with Crippen LogP contribution in [-0.2, 0) is 0 Å². The molecule has 0 amide bonds. The monoisotopic (exact) mass is 571 g/mol. The number of anilines is 3. The van der Waals surface area contributed by atoms with Crippen molar-refractivity contribution < 1.29 is 0 Å². The van der Waals surface area contributed by atoms with Gasteiger partial charge in [0, 0.05) is 16.5 Å². The predicted octanol–water partition coefficient (Wildman–Crippen LogP) is 12.6. The molecule has 0 aromatic heterocycles. The van der Waals surface area contributed by atoms with E-state index in [0.29, 0.717) is 0 Å². The van der Waals surface area contributed by atoms with Crippen molar-refractivity contribution in [2.75, 3.05) is 4.90 Å².